The molecule has 3 aromatic rings. The van der Waals surface area contributed by atoms with Gasteiger partial charge in [0.2, 0.25) is 0 Å². The molecule has 1 aliphatic heterocycles. The molecule has 33 heavy (non-hydrogen) atoms. The Kier molecular flexibility index (Phi) is 6.81. The lowest BCUT2D eigenvalue weighted by Gasteiger charge is -2.34. The van der Waals surface area contributed by atoms with Crippen LogP contribution in [-0.2, 0) is 13.0 Å². The molecule has 5 nitrogen and oxygen atoms in total. The van der Waals surface area contributed by atoms with Crippen molar-refractivity contribution in [2.75, 3.05) is 19.6 Å². The van der Waals surface area contributed by atoms with Gasteiger partial charge >= 0.3 is 0 Å². The van der Waals surface area contributed by atoms with Crippen LogP contribution in [0, 0.1) is 11.7 Å². The van der Waals surface area contributed by atoms with Crippen molar-refractivity contribution < 1.29 is 18.8 Å². The van der Waals surface area contributed by atoms with Crippen LogP contribution in [0.4, 0.5) is 8.78 Å². The third-order valence-corrected chi connectivity index (χ3v) is 6.40. The number of nitrogens with one attached hydrogen (secondary N) is 1. The zero-order chi connectivity index (χ0) is 23.6. The number of fused-ring (bicyclic) bond motifs is 1. The number of halogens is 2. The van der Waals surface area contributed by atoms with Crippen molar-refractivity contribution in [3.05, 3.63) is 71.2 Å². The van der Waals surface area contributed by atoms with E-state index in [1.54, 1.807) is 37.5 Å². The van der Waals surface area contributed by atoms with Gasteiger partial charge in [0.25, 0.3) is 5.91 Å². The Morgan fingerprint density at radius 2 is 1.85 bits per heavy atom. The summed E-state index contributed by atoms with van der Waals surface area (Å²) >= 11 is 0. The van der Waals surface area contributed by atoms with Crippen molar-refractivity contribution in [2.45, 2.75) is 45.3 Å². The van der Waals surface area contributed by atoms with E-state index in [-0.39, 0.29) is 5.82 Å². The summed E-state index contributed by atoms with van der Waals surface area (Å²) in [6.07, 6.45) is 4.75. The fraction of sp³-hybridized carbons (Fsp3) is 0.423. The first-order chi connectivity index (χ1) is 15.7. The maximum atomic E-state index is 14.1. The van der Waals surface area contributed by atoms with Crippen molar-refractivity contribution >= 4 is 16.8 Å². The molecule has 0 unspecified atom stereocenters. The molecule has 0 bridgehead atoms. The van der Waals surface area contributed by atoms with Gasteiger partial charge in [0.15, 0.2) is 0 Å². The predicted octanol–water partition coefficient (Wildman–Crippen LogP) is 4.95. The summed E-state index contributed by atoms with van der Waals surface area (Å²) in [7, 11) is 0. The van der Waals surface area contributed by atoms with Crippen LogP contribution < -0.4 is 5.48 Å². The lowest BCUT2D eigenvalue weighted by atomic mass is 9.95. The first kappa shape index (κ1) is 23.4. The number of carbonyl (C=O) groups is 1. The smallest absolute Gasteiger partial charge is 0.274 e. The Bertz CT molecular complexity index is 1110. The number of hydroxylamine groups is 1. The maximum absolute atomic E-state index is 14.1. The fourth-order valence-corrected chi connectivity index (χ4v) is 4.83. The fourth-order valence-electron chi connectivity index (χ4n) is 4.83. The number of hydrogen-bond donors (Lipinski definition) is 2. The zero-order valence-electron chi connectivity index (χ0n) is 19.2. The van der Waals surface area contributed by atoms with Crippen LogP contribution in [0.5, 0.6) is 0 Å². The molecular formula is C26H31F2N3O2. The molecule has 0 spiro atoms. The molecule has 2 N–H and O–H groups in total. The second-order valence-electron chi connectivity index (χ2n) is 9.72. The van der Waals surface area contributed by atoms with Crippen LogP contribution in [0.25, 0.3) is 10.9 Å². The largest absolute Gasteiger partial charge is 0.347 e. The highest BCUT2D eigenvalue weighted by Crippen LogP contribution is 2.28. The van der Waals surface area contributed by atoms with Crippen LogP contribution >= 0.6 is 0 Å². The summed E-state index contributed by atoms with van der Waals surface area (Å²) in [4.78, 5) is 13.7. The van der Waals surface area contributed by atoms with Gasteiger partial charge in [-0.25, -0.2) is 14.3 Å². The molecule has 1 amide bonds. The molecule has 2 aromatic carbocycles. The number of amides is 1. The molecule has 0 saturated carbocycles. The van der Waals surface area contributed by atoms with Crippen molar-refractivity contribution in [1.29, 1.82) is 0 Å². The van der Waals surface area contributed by atoms with E-state index in [0.29, 0.717) is 24.4 Å². The molecule has 0 aliphatic carbocycles. The summed E-state index contributed by atoms with van der Waals surface area (Å²) in [5.41, 5.74) is 3.84. The van der Waals surface area contributed by atoms with Gasteiger partial charge < -0.3 is 9.47 Å². The highest BCUT2D eigenvalue weighted by atomic mass is 19.1. The van der Waals surface area contributed by atoms with E-state index in [1.807, 2.05) is 18.2 Å². The van der Waals surface area contributed by atoms with Crippen LogP contribution in [-0.4, -0.2) is 45.9 Å². The summed E-state index contributed by atoms with van der Waals surface area (Å²) in [5, 5.41) is 9.80. The molecule has 1 fully saturated rings. The number of piperidine rings is 1. The van der Waals surface area contributed by atoms with Crippen LogP contribution in [0.3, 0.4) is 0 Å². The van der Waals surface area contributed by atoms with Crippen LogP contribution in [0.15, 0.2) is 48.7 Å². The van der Waals surface area contributed by atoms with E-state index in [4.69, 9.17) is 5.21 Å². The summed E-state index contributed by atoms with van der Waals surface area (Å²) in [6, 6.07) is 12.0. The molecule has 1 saturated heterocycles. The number of rotatable bonds is 7. The van der Waals surface area contributed by atoms with Crippen LogP contribution in [0.1, 0.15) is 48.2 Å². The monoisotopic (exact) mass is 455 g/mol. The Morgan fingerprint density at radius 1 is 1.15 bits per heavy atom. The summed E-state index contributed by atoms with van der Waals surface area (Å²) in [6.45, 7) is 6.27. The average molecular weight is 456 g/mol. The van der Waals surface area contributed by atoms with Gasteiger partial charge in [0, 0.05) is 30.2 Å². The average Bonchev–Trinajstić information content (AvgIpc) is 3.10. The molecular weight excluding hydrogens is 424 g/mol. The van der Waals surface area contributed by atoms with Gasteiger partial charge in [0.1, 0.15) is 11.5 Å². The Balaban J connectivity index is 1.50. The van der Waals surface area contributed by atoms with Gasteiger partial charge in [-0.3, -0.25) is 10.0 Å². The maximum Gasteiger partial charge on any atom is 0.274 e. The Hall–Kier alpha value is -2.77. The Morgan fingerprint density at radius 3 is 2.48 bits per heavy atom. The van der Waals surface area contributed by atoms with E-state index in [2.05, 4.69) is 15.7 Å². The third-order valence-electron chi connectivity index (χ3n) is 6.40. The first-order valence-corrected chi connectivity index (χ1v) is 11.4. The van der Waals surface area contributed by atoms with Crippen molar-refractivity contribution in [1.82, 2.24) is 14.9 Å². The van der Waals surface area contributed by atoms with Gasteiger partial charge in [0.05, 0.1) is 5.52 Å². The molecule has 1 aromatic heterocycles. The molecule has 1 aliphatic rings. The standard InChI is InChI=1S/C26H31F2N3O2/c1-26(2,28)17-30-11-9-19(10-12-30)15-31-16-21(23-8-7-22(27)14-24(23)31)13-18-3-5-20(6-4-18)25(32)29-33/h3-8,14,16,19,33H,9-13,15,17H2,1-2H3,(H,29,32). The highest BCUT2D eigenvalue weighted by molar-refractivity contribution is 5.93. The van der Waals surface area contributed by atoms with Gasteiger partial charge in [-0.1, -0.05) is 12.1 Å². The minimum atomic E-state index is -1.18. The number of likely N-dealkylation sites (tertiary alicyclic amines) is 1. The summed E-state index contributed by atoms with van der Waals surface area (Å²) < 4.78 is 30.2. The van der Waals surface area contributed by atoms with E-state index in [9.17, 15) is 13.6 Å². The number of aromatic nitrogens is 1. The van der Waals surface area contributed by atoms with E-state index in [0.717, 1.165) is 54.5 Å². The topological polar surface area (TPSA) is 57.5 Å². The number of hydrogen-bond acceptors (Lipinski definition) is 3. The van der Waals surface area contributed by atoms with E-state index in [1.165, 1.54) is 6.07 Å². The molecule has 4 rings (SSSR count). The quantitative estimate of drug-likeness (QED) is 0.392. The minimum absolute atomic E-state index is 0.257. The lowest BCUT2D eigenvalue weighted by molar-refractivity contribution is 0.0706. The van der Waals surface area contributed by atoms with E-state index >= 15 is 0 Å². The lowest BCUT2D eigenvalue weighted by Crippen LogP contribution is -2.41. The van der Waals surface area contributed by atoms with E-state index < -0.39 is 11.6 Å². The van der Waals surface area contributed by atoms with Crippen molar-refractivity contribution in [2.24, 2.45) is 5.92 Å². The van der Waals surface area contributed by atoms with Crippen molar-refractivity contribution in [3.8, 4) is 0 Å². The Labute approximate surface area is 193 Å². The molecule has 0 radical (unpaired) electrons. The summed E-state index contributed by atoms with van der Waals surface area (Å²) in [5.74, 6) is -0.338. The first-order valence-electron chi connectivity index (χ1n) is 11.4. The predicted molar refractivity (Wildman–Crippen MR) is 125 cm³/mol. The number of benzene rings is 2. The minimum Gasteiger partial charge on any atom is -0.347 e. The van der Waals surface area contributed by atoms with Gasteiger partial charge in [-0.05, 0) is 93.6 Å². The number of nitrogens with zero attached hydrogens (tertiary/aromatic N) is 2. The second kappa shape index (κ2) is 9.61. The third kappa shape index (κ3) is 5.78. The molecule has 2 heterocycles. The molecule has 176 valence electrons. The van der Waals surface area contributed by atoms with Crippen LogP contribution in [0.2, 0.25) is 0 Å². The van der Waals surface area contributed by atoms with Gasteiger partial charge in [-0.2, -0.15) is 0 Å². The van der Waals surface area contributed by atoms with Gasteiger partial charge in [-0.15, -0.1) is 0 Å². The molecule has 0 atom stereocenters. The highest BCUT2D eigenvalue weighted by Gasteiger charge is 2.25. The number of alkyl halides is 1. The number of carbonyl (C=O) groups excluding carboxylic acids is 1. The second-order valence-corrected chi connectivity index (χ2v) is 9.72. The zero-order valence-corrected chi connectivity index (χ0v) is 19.2. The SMILES string of the molecule is CC(C)(F)CN1CCC(Cn2cc(Cc3ccc(C(=O)NO)cc3)c3ccc(F)cc32)CC1. The molecule has 7 heteroatoms. The van der Waals surface area contributed by atoms with Crippen molar-refractivity contribution in [3.63, 3.8) is 0 Å². The normalized spacial score (nSPS) is 15.8.